The van der Waals surface area contributed by atoms with Crippen molar-refractivity contribution < 1.29 is 9.18 Å². The van der Waals surface area contributed by atoms with Gasteiger partial charge in [-0.15, -0.1) is 5.10 Å². The highest BCUT2D eigenvalue weighted by atomic mass is 19.1. The minimum Gasteiger partial charge on any atom is -0.366 e. The van der Waals surface area contributed by atoms with Crippen LogP contribution in [0.15, 0.2) is 30.6 Å². The third-order valence-corrected chi connectivity index (χ3v) is 4.79. The average molecular weight is 340 g/mol. The van der Waals surface area contributed by atoms with E-state index in [0.717, 1.165) is 12.8 Å². The molecule has 2 aliphatic rings. The maximum absolute atomic E-state index is 13.9. The number of amides is 1. The molecule has 1 amide bonds. The van der Waals surface area contributed by atoms with Gasteiger partial charge in [-0.2, -0.15) is 5.26 Å². The molecular formula is C17H17FN6O. The smallest absolute Gasteiger partial charge is 0.223 e. The fourth-order valence-corrected chi connectivity index (χ4v) is 3.32. The molecule has 2 aromatic rings. The van der Waals surface area contributed by atoms with Gasteiger partial charge in [-0.05, 0) is 25.0 Å². The first-order valence-electron chi connectivity index (χ1n) is 8.27. The number of hydrogen-bond donors (Lipinski definition) is 1. The molecule has 2 atom stereocenters. The number of nitrogens with one attached hydrogen (secondary N) is 1. The zero-order valence-electron chi connectivity index (χ0n) is 13.5. The summed E-state index contributed by atoms with van der Waals surface area (Å²) in [5.74, 6) is -0.381. The fraction of sp³-hybridized carbons (Fsp3) is 0.412. The van der Waals surface area contributed by atoms with Crippen molar-refractivity contribution in [2.75, 3.05) is 18.0 Å². The Labute approximate surface area is 144 Å². The number of nitriles is 1. The summed E-state index contributed by atoms with van der Waals surface area (Å²) in [4.78, 5) is 14.1. The minimum atomic E-state index is -0.539. The molecule has 1 aromatic carbocycles. The van der Waals surface area contributed by atoms with Crippen molar-refractivity contribution in [3.8, 4) is 6.07 Å². The van der Waals surface area contributed by atoms with Crippen LogP contribution in [0.3, 0.4) is 0 Å². The molecule has 0 spiro atoms. The van der Waals surface area contributed by atoms with Gasteiger partial charge in [0.2, 0.25) is 5.91 Å². The first-order chi connectivity index (χ1) is 12.2. The first-order valence-corrected chi connectivity index (χ1v) is 8.27. The van der Waals surface area contributed by atoms with E-state index in [1.165, 1.54) is 6.07 Å². The maximum Gasteiger partial charge on any atom is 0.223 e. The van der Waals surface area contributed by atoms with Crippen molar-refractivity contribution in [3.05, 3.63) is 42.0 Å². The number of benzene rings is 1. The average Bonchev–Trinajstić information content (AvgIpc) is 3.16. The molecule has 7 nitrogen and oxygen atoms in total. The van der Waals surface area contributed by atoms with Gasteiger partial charge in [0.05, 0.1) is 24.0 Å². The summed E-state index contributed by atoms with van der Waals surface area (Å²) in [6.45, 7) is 0.998. The van der Waals surface area contributed by atoms with Crippen LogP contribution in [0.1, 0.15) is 24.4 Å². The van der Waals surface area contributed by atoms with Gasteiger partial charge in [-0.3, -0.25) is 4.79 Å². The zero-order chi connectivity index (χ0) is 17.4. The molecule has 1 N–H and O–H groups in total. The van der Waals surface area contributed by atoms with Crippen molar-refractivity contribution >= 4 is 11.6 Å². The lowest BCUT2D eigenvalue weighted by molar-refractivity contribution is -0.123. The molecule has 4 rings (SSSR count). The summed E-state index contributed by atoms with van der Waals surface area (Å²) < 4.78 is 15.7. The van der Waals surface area contributed by atoms with Crippen LogP contribution in [-0.2, 0) is 4.79 Å². The van der Waals surface area contributed by atoms with Crippen molar-refractivity contribution in [1.29, 1.82) is 5.26 Å². The summed E-state index contributed by atoms with van der Waals surface area (Å²) in [7, 11) is 0. The quantitative estimate of drug-likeness (QED) is 0.905. The molecule has 8 heteroatoms. The molecule has 0 radical (unpaired) electrons. The normalized spacial score (nSPS) is 22.6. The standard InChI is InChI=1S/C17H17FN6O/c18-13-2-1-3-15(12(13)8-19)23-9-14(21-17(25)11-4-5-11)16(10-23)24-7-6-20-22-24/h1-3,6-7,11,14,16H,4-5,9-10H2,(H,21,25)/t14-,16+/m1/s1. The van der Waals surface area contributed by atoms with Gasteiger partial charge in [0.15, 0.2) is 0 Å². The second kappa shape index (κ2) is 6.16. The minimum absolute atomic E-state index is 0.0222. The Morgan fingerprint density at radius 3 is 2.88 bits per heavy atom. The predicted octanol–water partition coefficient (Wildman–Crippen LogP) is 1.24. The molecule has 2 heterocycles. The molecule has 0 unspecified atom stereocenters. The topological polar surface area (TPSA) is 86.8 Å². The molecule has 1 saturated carbocycles. The van der Waals surface area contributed by atoms with E-state index in [0.29, 0.717) is 18.8 Å². The Morgan fingerprint density at radius 1 is 1.36 bits per heavy atom. The maximum atomic E-state index is 13.9. The largest absolute Gasteiger partial charge is 0.366 e. The zero-order valence-corrected chi connectivity index (χ0v) is 13.5. The second-order valence-electron chi connectivity index (χ2n) is 6.49. The van der Waals surface area contributed by atoms with E-state index in [-0.39, 0.29) is 29.5 Å². The van der Waals surface area contributed by atoms with E-state index in [1.807, 2.05) is 11.0 Å². The SMILES string of the molecule is N#Cc1c(F)cccc1N1C[C@@H](NC(=O)C2CC2)[C@@H](n2ccnn2)C1. The summed E-state index contributed by atoms with van der Waals surface area (Å²) >= 11 is 0. The molecule has 1 aromatic heterocycles. The van der Waals surface area contributed by atoms with Crippen molar-refractivity contribution in [2.45, 2.75) is 24.9 Å². The lowest BCUT2D eigenvalue weighted by atomic mass is 10.1. The van der Waals surface area contributed by atoms with Crippen molar-refractivity contribution in [3.63, 3.8) is 0 Å². The highest BCUT2D eigenvalue weighted by Gasteiger charge is 2.39. The van der Waals surface area contributed by atoms with Crippen LogP contribution >= 0.6 is 0 Å². The Bertz CT molecular complexity index is 826. The Balaban J connectivity index is 1.62. The summed E-state index contributed by atoms with van der Waals surface area (Å²) in [5.41, 5.74) is 0.560. The number of anilines is 1. The van der Waals surface area contributed by atoms with Crippen molar-refractivity contribution in [1.82, 2.24) is 20.3 Å². The van der Waals surface area contributed by atoms with E-state index in [9.17, 15) is 14.4 Å². The van der Waals surface area contributed by atoms with E-state index in [2.05, 4.69) is 15.6 Å². The van der Waals surface area contributed by atoms with Gasteiger partial charge in [0, 0.05) is 25.2 Å². The molecule has 128 valence electrons. The highest BCUT2D eigenvalue weighted by Crippen LogP contribution is 2.32. The van der Waals surface area contributed by atoms with Crippen LogP contribution in [0.5, 0.6) is 0 Å². The lowest BCUT2D eigenvalue weighted by Crippen LogP contribution is -2.42. The van der Waals surface area contributed by atoms with Crippen LogP contribution < -0.4 is 10.2 Å². The van der Waals surface area contributed by atoms with Gasteiger partial charge < -0.3 is 10.2 Å². The number of carbonyl (C=O) groups excluding carboxylic acids is 1. The Hall–Kier alpha value is -2.95. The molecule has 0 bridgehead atoms. The number of hydrogen-bond acceptors (Lipinski definition) is 5. The Morgan fingerprint density at radius 2 is 2.20 bits per heavy atom. The third kappa shape index (κ3) is 2.93. The monoisotopic (exact) mass is 340 g/mol. The molecule has 1 saturated heterocycles. The van der Waals surface area contributed by atoms with Gasteiger partial charge in [0.1, 0.15) is 17.4 Å². The number of nitrogens with zero attached hydrogens (tertiary/aromatic N) is 5. The summed E-state index contributed by atoms with van der Waals surface area (Å²) in [6.07, 6.45) is 5.20. The Kier molecular flexibility index (Phi) is 3.84. The number of halogens is 1. The first kappa shape index (κ1) is 15.6. The van der Waals surface area contributed by atoms with E-state index < -0.39 is 5.82 Å². The van der Waals surface area contributed by atoms with Gasteiger partial charge >= 0.3 is 0 Å². The number of carbonyl (C=O) groups is 1. The number of aromatic nitrogens is 3. The summed E-state index contributed by atoms with van der Waals surface area (Å²) in [5, 5.41) is 20.3. The highest BCUT2D eigenvalue weighted by molar-refractivity contribution is 5.81. The molecule has 2 fully saturated rings. The van der Waals surface area contributed by atoms with Crippen LogP contribution in [-0.4, -0.2) is 40.0 Å². The van der Waals surface area contributed by atoms with E-state index in [4.69, 9.17) is 0 Å². The van der Waals surface area contributed by atoms with Crippen LogP contribution in [0, 0.1) is 23.1 Å². The van der Waals surface area contributed by atoms with Gasteiger partial charge in [-0.1, -0.05) is 11.3 Å². The van der Waals surface area contributed by atoms with Crippen LogP contribution in [0.2, 0.25) is 0 Å². The fourth-order valence-electron chi connectivity index (χ4n) is 3.32. The molecule has 1 aliphatic heterocycles. The van der Waals surface area contributed by atoms with Crippen LogP contribution in [0.25, 0.3) is 0 Å². The van der Waals surface area contributed by atoms with Crippen LogP contribution in [0.4, 0.5) is 10.1 Å². The predicted molar refractivity (Wildman–Crippen MR) is 87.0 cm³/mol. The second-order valence-corrected chi connectivity index (χ2v) is 6.49. The summed E-state index contributed by atoms with van der Waals surface area (Å²) in [6, 6.07) is 6.23. The molecule has 1 aliphatic carbocycles. The van der Waals surface area contributed by atoms with Gasteiger partial charge in [0.25, 0.3) is 0 Å². The number of rotatable bonds is 4. The van der Waals surface area contributed by atoms with E-state index in [1.54, 1.807) is 29.2 Å². The van der Waals surface area contributed by atoms with Crippen molar-refractivity contribution in [2.24, 2.45) is 5.92 Å². The lowest BCUT2D eigenvalue weighted by Gasteiger charge is -2.20. The molecular weight excluding hydrogens is 323 g/mol. The van der Waals surface area contributed by atoms with E-state index >= 15 is 0 Å². The molecule has 25 heavy (non-hydrogen) atoms. The van der Waals surface area contributed by atoms with Gasteiger partial charge in [-0.25, -0.2) is 9.07 Å². The third-order valence-electron chi connectivity index (χ3n) is 4.79.